The van der Waals surface area contributed by atoms with Crippen LogP contribution in [0.3, 0.4) is 0 Å². The fraction of sp³-hybridized carbons (Fsp3) is 0.895. The van der Waals surface area contributed by atoms with E-state index in [1.807, 2.05) is 0 Å². The summed E-state index contributed by atoms with van der Waals surface area (Å²) < 4.78 is 0. The summed E-state index contributed by atoms with van der Waals surface area (Å²) in [5.41, 5.74) is 0.384. The SMILES string of the molecule is CC(=O)CC(=O)CCC(C)(C)C(C)(C)C(C)(C)C(C)(C)C. The predicted octanol–water partition coefficient (Wildman–Crippen LogP) is 5.44. The fourth-order valence-electron chi connectivity index (χ4n) is 2.91. The van der Waals surface area contributed by atoms with Crippen LogP contribution in [0, 0.1) is 21.7 Å². The first-order valence-electron chi connectivity index (χ1n) is 8.07. The molecule has 0 fully saturated rings. The molecule has 2 nitrogen and oxygen atoms in total. The Morgan fingerprint density at radius 1 is 0.762 bits per heavy atom. The zero-order valence-electron chi connectivity index (χ0n) is 15.9. The average molecular weight is 296 g/mol. The summed E-state index contributed by atoms with van der Waals surface area (Å²) in [6.07, 6.45) is 1.40. The molecule has 124 valence electrons. The molecule has 0 N–H and O–H groups in total. The predicted molar refractivity (Wildman–Crippen MR) is 90.3 cm³/mol. The molecule has 0 aromatic heterocycles. The van der Waals surface area contributed by atoms with Gasteiger partial charge in [0, 0.05) is 6.42 Å². The van der Waals surface area contributed by atoms with Crippen molar-refractivity contribution < 1.29 is 9.59 Å². The molecule has 21 heavy (non-hydrogen) atoms. The van der Waals surface area contributed by atoms with Crippen molar-refractivity contribution in [2.24, 2.45) is 21.7 Å². The lowest BCUT2D eigenvalue weighted by molar-refractivity contribution is -0.127. The van der Waals surface area contributed by atoms with Gasteiger partial charge in [0.2, 0.25) is 0 Å². The first kappa shape index (κ1) is 20.3. The van der Waals surface area contributed by atoms with E-state index in [1.54, 1.807) is 0 Å². The third kappa shape index (κ3) is 4.40. The summed E-state index contributed by atoms with van der Waals surface area (Å²) in [6, 6.07) is 0. The Morgan fingerprint density at radius 2 is 1.19 bits per heavy atom. The quantitative estimate of drug-likeness (QED) is 0.586. The minimum absolute atomic E-state index is 0.0240. The lowest BCUT2D eigenvalue weighted by atomic mass is 9.47. The van der Waals surface area contributed by atoms with Crippen LogP contribution in [0.2, 0.25) is 0 Å². The number of carbonyl (C=O) groups excluding carboxylic acids is 2. The summed E-state index contributed by atoms with van der Waals surface area (Å²) >= 11 is 0. The van der Waals surface area contributed by atoms with Gasteiger partial charge in [-0.15, -0.1) is 0 Å². The van der Waals surface area contributed by atoms with Crippen LogP contribution in [0.5, 0.6) is 0 Å². The Bertz CT molecular complexity index is 392. The van der Waals surface area contributed by atoms with Crippen LogP contribution in [0.4, 0.5) is 0 Å². The normalized spacial score (nSPS) is 14.2. The molecule has 0 saturated carbocycles. The third-order valence-corrected chi connectivity index (χ3v) is 6.60. The van der Waals surface area contributed by atoms with Gasteiger partial charge < -0.3 is 0 Å². The molecule has 0 amide bonds. The molecule has 0 rings (SSSR count). The van der Waals surface area contributed by atoms with Crippen LogP contribution in [0.1, 0.15) is 88.5 Å². The van der Waals surface area contributed by atoms with E-state index in [9.17, 15) is 9.59 Å². The van der Waals surface area contributed by atoms with E-state index in [1.165, 1.54) is 6.92 Å². The van der Waals surface area contributed by atoms with Gasteiger partial charge in [-0.1, -0.05) is 62.3 Å². The Labute approximate surface area is 132 Å². The highest BCUT2D eigenvalue weighted by Crippen LogP contribution is 2.60. The van der Waals surface area contributed by atoms with E-state index in [0.29, 0.717) is 6.42 Å². The number of ketones is 2. The van der Waals surface area contributed by atoms with Crippen molar-refractivity contribution in [3.63, 3.8) is 0 Å². The maximum atomic E-state index is 11.9. The molecular formula is C19H36O2. The fourth-order valence-corrected chi connectivity index (χ4v) is 2.91. The first-order valence-corrected chi connectivity index (χ1v) is 8.07. The standard InChI is InChI=1S/C19H36O2/c1-14(20)13-15(21)11-12-17(5,6)19(9,10)18(7,8)16(2,3)4/h11-13H2,1-10H3. The smallest absolute Gasteiger partial charge is 0.140 e. The highest BCUT2D eigenvalue weighted by atomic mass is 16.1. The van der Waals surface area contributed by atoms with Gasteiger partial charge in [-0.2, -0.15) is 0 Å². The van der Waals surface area contributed by atoms with E-state index >= 15 is 0 Å². The van der Waals surface area contributed by atoms with Crippen LogP contribution in [0.25, 0.3) is 0 Å². The lowest BCUT2D eigenvalue weighted by Gasteiger charge is -2.58. The summed E-state index contributed by atoms with van der Waals surface area (Å²) in [5.74, 6) is 0.0343. The third-order valence-electron chi connectivity index (χ3n) is 6.60. The highest BCUT2D eigenvalue weighted by Gasteiger charge is 2.52. The molecule has 0 spiro atoms. The molecule has 0 aliphatic heterocycles. The van der Waals surface area contributed by atoms with E-state index in [-0.39, 0.29) is 39.6 Å². The second kappa shape index (κ2) is 6.22. The van der Waals surface area contributed by atoms with Crippen LogP contribution in [0.15, 0.2) is 0 Å². The maximum Gasteiger partial charge on any atom is 0.140 e. The van der Waals surface area contributed by atoms with Crippen molar-refractivity contribution in [3.8, 4) is 0 Å². The molecular weight excluding hydrogens is 260 g/mol. The van der Waals surface area contributed by atoms with Crippen LogP contribution in [-0.2, 0) is 9.59 Å². The average Bonchev–Trinajstić information content (AvgIpc) is 2.23. The van der Waals surface area contributed by atoms with Crippen molar-refractivity contribution in [2.45, 2.75) is 88.5 Å². The van der Waals surface area contributed by atoms with E-state index in [4.69, 9.17) is 0 Å². The zero-order chi connectivity index (χ0) is 17.3. The first-order chi connectivity index (χ1) is 9.06. The van der Waals surface area contributed by atoms with Crippen LogP contribution >= 0.6 is 0 Å². The molecule has 0 aliphatic carbocycles. The minimum atomic E-state index is -0.0351. The van der Waals surface area contributed by atoms with Gasteiger partial charge in [0.25, 0.3) is 0 Å². The Kier molecular flexibility index (Phi) is 6.02. The summed E-state index contributed by atoms with van der Waals surface area (Å²) in [4.78, 5) is 22.9. The molecule has 0 radical (unpaired) electrons. The number of hydrogen-bond donors (Lipinski definition) is 0. The van der Waals surface area contributed by atoms with Crippen molar-refractivity contribution >= 4 is 11.6 Å². The monoisotopic (exact) mass is 296 g/mol. The molecule has 0 unspecified atom stereocenters. The van der Waals surface area contributed by atoms with E-state index in [0.717, 1.165) is 6.42 Å². The second-order valence-corrected chi connectivity index (χ2v) is 9.30. The van der Waals surface area contributed by atoms with Crippen molar-refractivity contribution in [1.29, 1.82) is 0 Å². The van der Waals surface area contributed by atoms with E-state index < -0.39 is 0 Å². The summed E-state index contributed by atoms with van der Waals surface area (Å²) in [7, 11) is 0. The maximum absolute atomic E-state index is 11.9. The molecule has 0 atom stereocenters. The number of Topliss-reactive ketones (excluding diaryl/α,β-unsaturated/α-hetero) is 2. The number of hydrogen-bond acceptors (Lipinski definition) is 2. The zero-order valence-corrected chi connectivity index (χ0v) is 15.9. The van der Waals surface area contributed by atoms with Gasteiger partial charge in [0.05, 0.1) is 6.42 Å². The molecule has 0 saturated heterocycles. The Hall–Kier alpha value is -0.660. The van der Waals surface area contributed by atoms with Crippen molar-refractivity contribution in [2.75, 3.05) is 0 Å². The Balaban J connectivity index is 5.13. The van der Waals surface area contributed by atoms with Crippen molar-refractivity contribution in [1.82, 2.24) is 0 Å². The molecule has 0 aromatic carbocycles. The van der Waals surface area contributed by atoms with E-state index in [2.05, 4.69) is 62.3 Å². The largest absolute Gasteiger partial charge is 0.300 e. The molecule has 0 aliphatic rings. The second-order valence-electron chi connectivity index (χ2n) is 9.30. The topological polar surface area (TPSA) is 34.1 Å². The van der Waals surface area contributed by atoms with Gasteiger partial charge >= 0.3 is 0 Å². The van der Waals surface area contributed by atoms with Gasteiger partial charge in [-0.25, -0.2) is 0 Å². The molecule has 0 heterocycles. The van der Waals surface area contributed by atoms with Crippen molar-refractivity contribution in [3.05, 3.63) is 0 Å². The number of carbonyl (C=O) groups is 2. The van der Waals surface area contributed by atoms with Gasteiger partial charge in [0.15, 0.2) is 0 Å². The molecule has 2 heteroatoms. The van der Waals surface area contributed by atoms with Crippen LogP contribution in [-0.4, -0.2) is 11.6 Å². The van der Waals surface area contributed by atoms with Gasteiger partial charge in [-0.05, 0) is 35.0 Å². The van der Waals surface area contributed by atoms with Gasteiger partial charge in [-0.3, -0.25) is 9.59 Å². The summed E-state index contributed by atoms with van der Waals surface area (Å²) in [6.45, 7) is 22.1. The molecule has 0 bridgehead atoms. The Morgan fingerprint density at radius 3 is 1.52 bits per heavy atom. The number of rotatable bonds is 7. The van der Waals surface area contributed by atoms with Crippen LogP contribution < -0.4 is 0 Å². The lowest BCUT2D eigenvalue weighted by Crippen LogP contribution is -2.51. The highest BCUT2D eigenvalue weighted by molar-refractivity contribution is 5.97. The summed E-state index contributed by atoms with van der Waals surface area (Å²) in [5, 5.41) is 0. The van der Waals surface area contributed by atoms with Gasteiger partial charge in [0.1, 0.15) is 11.6 Å². The minimum Gasteiger partial charge on any atom is -0.300 e. The molecule has 0 aromatic rings.